The summed E-state index contributed by atoms with van der Waals surface area (Å²) in [6, 6.07) is 6.78. The van der Waals surface area contributed by atoms with Crippen molar-refractivity contribution in [1.29, 1.82) is 0 Å². The van der Waals surface area contributed by atoms with Gasteiger partial charge in [0.1, 0.15) is 23.2 Å². The molecule has 0 spiro atoms. The van der Waals surface area contributed by atoms with Crippen molar-refractivity contribution in [2.45, 2.75) is 19.5 Å². The highest BCUT2D eigenvalue weighted by Gasteiger charge is 2.35. The number of carbonyl (C=O) groups is 1. The van der Waals surface area contributed by atoms with Crippen LogP contribution in [0, 0.1) is 5.82 Å². The number of alkyl halides is 3. The predicted octanol–water partition coefficient (Wildman–Crippen LogP) is 3.73. The number of rotatable bonds is 6. The molecule has 1 aliphatic heterocycles. The van der Waals surface area contributed by atoms with Crippen LogP contribution in [0.2, 0.25) is 0 Å². The van der Waals surface area contributed by atoms with Gasteiger partial charge in [-0.05, 0) is 31.3 Å². The van der Waals surface area contributed by atoms with E-state index in [1.54, 1.807) is 6.07 Å². The highest BCUT2D eigenvalue weighted by molar-refractivity contribution is 6.03. The SMILES string of the molecule is CCc1nc(Nc2cccc(C(=O)Nc3c(F)cccc3C(F)(F)F)n2)nc(N2CCN(C)CC2)n1. The number of likely N-dealkylation sites (N-methyl/N-ethyl adjacent to an activating group) is 1. The molecule has 1 aromatic carbocycles. The molecule has 9 nitrogen and oxygen atoms in total. The number of anilines is 4. The number of carbonyl (C=O) groups excluding carboxylic acids is 1. The Hall–Kier alpha value is -3.87. The number of pyridine rings is 1. The molecular weight excluding hydrogens is 480 g/mol. The van der Waals surface area contributed by atoms with Crippen LogP contribution in [0.3, 0.4) is 0 Å². The molecule has 4 rings (SSSR count). The van der Waals surface area contributed by atoms with Crippen LogP contribution >= 0.6 is 0 Å². The van der Waals surface area contributed by atoms with Crippen LogP contribution in [-0.2, 0) is 12.6 Å². The lowest BCUT2D eigenvalue weighted by molar-refractivity contribution is -0.137. The maximum atomic E-state index is 14.1. The first-order valence-corrected chi connectivity index (χ1v) is 11.2. The molecule has 2 N–H and O–H groups in total. The van der Waals surface area contributed by atoms with E-state index < -0.39 is 29.2 Å². The molecule has 1 fully saturated rings. The van der Waals surface area contributed by atoms with E-state index >= 15 is 0 Å². The Bertz CT molecular complexity index is 1250. The first-order valence-electron chi connectivity index (χ1n) is 11.2. The second-order valence-electron chi connectivity index (χ2n) is 8.17. The minimum atomic E-state index is -4.85. The van der Waals surface area contributed by atoms with Crippen LogP contribution in [0.1, 0.15) is 28.8 Å². The summed E-state index contributed by atoms with van der Waals surface area (Å²) in [5.74, 6) is -0.724. The zero-order chi connectivity index (χ0) is 25.9. The van der Waals surface area contributed by atoms with Crippen LogP contribution in [0.15, 0.2) is 36.4 Å². The Kier molecular flexibility index (Phi) is 7.29. The van der Waals surface area contributed by atoms with E-state index in [0.717, 1.165) is 38.3 Å². The van der Waals surface area contributed by atoms with Gasteiger partial charge >= 0.3 is 6.18 Å². The third kappa shape index (κ3) is 5.85. The number of aryl methyl sites for hydroxylation is 1. The number of amides is 1. The number of halogens is 4. The summed E-state index contributed by atoms with van der Waals surface area (Å²) in [5, 5.41) is 4.92. The quantitative estimate of drug-likeness (QED) is 0.490. The first kappa shape index (κ1) is 25.2. The van der Waals surface area contributed by atoms with Gasteiger partial charge in [-0.1, -0.05) is 19.1 Å². The molecule has 36 heavy (non-hydrogen) atoms. The van der Waals surface area contributed by atoms with Gasteiger partial charge in [-0.2, -0.15) is 28.1 Å². The normalized spacial score (nSPS) is 14.6. The lowest BCUT2D eigenvalue weighted by atomic mass is 10.1. The molecule has 13 heteroatoms. The summed E-state index contributed by atoms with van der Waals surface area (Å²) in [4.78, 5) is 34.4. The zero-order valence-corrected chi connectivity index (χ0v) is 19.6. The van der Waals surface area contributed by atoms with E-state index in [-0.39, 0.29) is 17.5 Å². The van der Waals surface area contributed by atoms with Crippen molar-refractivity contribution in [3.63, 3.8) is 0 Å². The fourth-order valence-electron chi connectivity index (χ4n) is 3.58. The second-order valence-corrected chi connectivity index (χ2v) is 8.17. The molecule has 190 valence electrons. The van der Waals surface area contributed by atoms with Gasteiger partial charge in [-0.3, -0.25) is 4.79 Å². The molecule has 3 aromatic rings. The van der Waals surface area contributed by atoms with Crippen LogP contribution in [0.4, 0.5) is 41.0 Å². The van der Waals surface area contributed by atoms with Gasteiger partial charge in [0.25, 0.3) is 5.91 Å². The topological polar surface area (TPSA) is 99.2 Å². The summed E-state index contributed by atoms with van der Waals surface area (Å²) >= 11 is 0. The van der Waals surface area contributed by atoms with Crippen LogP contribution in [0.5, 0.6) is 0 Å². The van der Waals surface area contributed by atoms with Gasteiger partial charge in [0.05, 0.1) is 11.3 Å². The van der Waals surface area contributed by atoms with Crippen molar-refractivity contribution in [3.05, 3.63) is 59.3 Å². The average molecular weight is 504 g/mol. The van der Waals surface area contributed by atoms with E-state index in [1.165, 1.54) is 12.1 Å². The van der Waals surface area contributed by atoms with Crippen molar-refractivity contribution >= 4 is 29.3 Å². The monoisotopic (exact) mass is 504 g/mol. The Labute approximate surface area is 204 Å². The Morgan fingerprint density at radius 3 is 2.42 bits per heavy atom. The molecule has 1 saturated heterocycles. The minimum absolute atomic E-state index is 0.185. The standard InChI is InChI=1S/C23H24F4N8O/c1-3-17-29-21(33-22(31-17)35-12-10-34(2)11-13-35)30-18-9-5-8-16(28-18)20(36)32-19-14(23(25,26)27)6-4-7-15(19)24/h4-9H,3,10-13H2,1-2H3,(H,32,36)(H,28,29,30,31,33). The maximum Gasteiger partial charge on any atom is 0.418 e. The van der Waals surface area contributed by atoms with Crippen molar-refractivity contribution in [3.8, 4) is 0 Å². The highest BCUT2D eigenvalue weighted by Crippen LogP contribution is 2.36. The van der Waals surface area contributed by atoms with E-state index in [0.29, 0.717) is 24.3 Å². The van der Waals surface area contributed by atoms with Gasteiger partial charge in [0.15, 0.2) is 0 Å². The van der Waals surface area contributed by atoms with Gasteiger partial charge in [-0.25, -0.2) is 9.37 Å². The van der Waals surface area contributed by atoms with E-state index in [9.17, 15) is 22.4 Å². The Balaban J connectivity index is 1.55. The molecule has 0 bridgehead atoms. The molecule has 1 amide bonds. The van der Waals surface area contributed by atoms with Gasteiger partial charge < -0.3 is 20.4 Å². The van der Waals surface area contributed by atoms with Gasteiger partial charge in [0.2, 0.25) is 11.9 Å². The summed E-state index contributed by atoms with van der Waals surface area (Å²) in [6.45, 7) is 5.16. The number of piperazine rings is 1. The summed E-state index contributed by atoms with van der Waals surface area (Å²) < 4.78 is 53.9. The molecule has 2 aromatic heterocycles. The van der Waals surface area contributed by atoms with Crippen LogP contribution in [-0.4, -0.2) is 64.0 Å². The van der Waals surface area contributed by atoms with Gasteiger partial charge in [0, 0.05) is 32.6 Å². The second kappa shape index (κ2) is 10.4. The van der Waals surface area contributed by atoms with Crippen molar-refractivity contribution in [2.24, 2.45) is 0 Å². The number of nitrogens with zero attached hydrogens (tertiary/aromatic N) is 6. The van der Waals surface area contributed by atoms with E-state index in [4.69, 9.17) is 0 Å². The highest BCUT2D eigenvalue weighted by atomic mass is 19.4. The van der Waals surface area contributed by atoms with E-state index in [1.807, 2.05) is 19.3 Å². The van der Waals surface area contributed by atoms with Crippen LogP contribution < -0.4 is 15.5 Å². The van der Waals surface area contributed by atoms with Crippen molar-refractivity contribution < 1.29 is 22.4 Å². The minimum Gasteiger partial charge on any atom is -0.338 e. The average Bonchev–Trinajstić information content (AvgIpc) is 2.85. The summed E-state index contributed by atoms with van der Waals surface area (Å²) in [7, 11) is 2.04. The molecule has 1 aliphatic rings. The number of aromatic nitrogens is 4. The molecule has 0 aliphatic carbocycles. The third-order valence-electron chi connectivity index (χ3n) is 5.55. The van der Waals surface area contributed by atoms with Crippen LogP contribution in [0.25, 0.3) is 0 Å². The largest absolute Gasteiger partial charge is 0.418 e. The zero-order valence-electron chi connectivity index (χ0n) is 19.6. The summed E-state index contributed by atoms with van der Waals surface area (Å²) in [6.07, 6.45) is -4.28. The van der Waals surface area contributed by atoms with Crippen molar-refractivity contribution in [2.75, 3.05) is 48.8 Å². The van der Waals surface area contributed by atoms with Gasteiger partial charge in [-0.15, -0.1) is 0 Å². The molecule has 0 radical (unpaired) electrons. The molecule has 0 atom stereocenters. The first-order chi connectivity index (χ1) is 17.1. The smallest absolute Gasteiger partial charge is 0.338 e. The third-order valence-corrected chi connectivity index (χ3v) is 5.55. The number of para-hydroxylation sites is 1. The lowest BCUT2D eigenvalue weighted by Crippen LogP contribution is -2.45. The summed E-state index contributed by atoms with van der Waals surface area (Å²) in [5.41, 5.74) is -2.48. The lowest BCUT2D eigenvalue weighted by Gasteiger charge is -2.32. The molecular formula is C23H24F4N8O. The Morgan fingerprint density at radius 2 is 1.72 bits per heavy atom. The Morgan fingerprint density at radius 1 is 1.00 bits per heavy atom. The number of nitrogens with one attached hydrogen (secondary N) is 2. The molecule has 3 heterocycles. The fourth-order valence-corrected chi connectivity index (χ4v) is 3.58. The maximum absolute atomic E-state index is 14.1. The van der Waals surface area contributed by atoms with E-state index in [2.05, 4.69) is 35.1 Å². The predicted molar refractivity (Wildman–Crippen MR) is 126 cm³/mol. The van der Waals surface area contributed by atoms with Crippen molar-refractivity contribution in [1.82, 2.24) is 24.8 Å². The molecule has 0 unspecified atom stereocenters. The number of benzene rings is 1. The molecule has 0 saturated carbocycles. The number of hydrogen-bond acceptors (Lipinski definition) is 8. The fraction of sp³-hybridized carbons (Fsp3) is 0.348. The number of hydrogen-bond donors (Lipinski definition) is 2.